The Bertz CT molecular complexity index is 486. The number of hydrogen-bond donors (Lipinski definition) is 0. The lowest BCUT2D eigenvalue weighted by molar-refractivity contribution is 0.271. The molecule has 1 aliphatic carbocycles. The van der Waals surface area contributed by atoms with Gasteiger partial charge in [-0.1, -0.05) is 31.1 Å². The summed E-state index contributed by atoms with van der Waals surface area (Å²) in [6, 6.07) is 2.40. The molecule has 1 aromatic heterocycles. The lowest BCUT2D eigenvalue weighted by Crippen LogP contribution is -2.25. The highest BCUT2D eigenvalue weighted by Crippen LogP contribution is 2.22. The highest BCUT2D eigenvalue weighted by Gasteiger charge is 2.15. The predicted molar refractivity (Wildman–Crippen MR) is 81.0 cm³/mol. The number of aromatic nitrogens is 1. The van der Waals surface area contributed by atoms with E-state index in [1.807, 2.05) is 0 Å². The van der Waals surface area contributed by atoms with Crippen molar-refractivity contribution in [3.05, 3.63) is 41.2 Å². The minimum Gasteiger partial charge on any atom is -0.347 e. The third-order valence-electron chi connectivity index (χ3n) is 4.39. The molecule has 3 rings (SSSR count). The third-order valence-corrected chi connectivity index (χ3v) is 4.39. The average Bonchev–Trinajstić information content (AvgIpc) is 2.67. The fourth-order valence-electron chi connectivity index (χ4n) is 3.22. The minimum atomic E-state index is 1.07. The standard InChI is InChI=1S/C17H24N2/c1-18-16(14-19-11-7-2-3-8-12-19)13-15-9-5-4-6-10-17(15)18/h4-6,10,13H,2-3,7-9,11-12,14H2,1H3. The number of fused-ring (bicyclic) bond motifs is 1. The van der Waals surface area contributed by atoms with E-state index in [-0.39, 0.29) is 0 Å². The lowest BCUT2D eigenvalue weighted by Gasteiger charge is -2.20. The van der Waals surface area contributed by atoms with Gasteiger partial charge in [-0.15, -0.1) is 0 Å². The molecule has 0 N–H and O–H groups in total. The second-order valence-corrected chi connectivity index (χ2v) is 5.79. The Balaban J connectivity index is 1.78. The molecule has 0 bridgehead atoms. The smallest absolute Gasteiger partial charge is 0.0442 e. The Kier molecular flexibility index (Phi) is 3.88. The summed E-state index contributed by atoms with van der Waals surface area (Å²) in [4.78, 5) is 2.63. The molecule has 0 atom stereocenters. The van der Waals surface area contributed by atoms with E-state index in [0.717, 1.165) is 13.0 Å². The Morgan fingerprint density at radius 2 is 1.84 bits per heavy atom. The summed E-state index contributed by atoms with van der Waals surface area (Å²) in [5, 5.41) is 0. The number of allylic oxidation sites excluding steroid dienone is 3. The molecular weight excluding hydrogens is 232 g/mol. The van der Waals surface area contributed by atoms with E-state index in [1.165, 1.54) is 55.7 Å². The maximum Gasteiger partial charge on any atom is 0.0442 e. The van der Waals surface area contributed by atoms with Gasteiger partial charge in [0.2, 0.25) is 0 Å². The van der Waals surface area contributed by atoms with Gasteiger partial charge in [0.15, 0.2) is 0 Å². The molecule has 2 nitrogen and oxygen atoms in total. The number of rotatable bonds is 2. The molecule has 0 spiro atoms. The van der Waals surface area contributed by atoms with Gasteiger partial charge in [-0.25, -0.2) is 0 Å². The van der Waals surface area contributed by atoms with Crippen molar-refractivity contribution in [3.63, 3.8) is 0 Å². The maximum atomic E-state index is 2.63. The Morgan fingerprint density at radius 3 is 2.63 bits per heavy atom. The van der Waals surface area contributed by atoms with Gasteiger partial charge in [0.1, 0.15) is 0 Å². The van der Waals surface area contributed by atoms with E-state index in [9.17, 15) is 0 Å². The van der Waals surface area contributed by atoms with Gasteiger partial charge in [-0.05, 0) is 50.1 Å². The summed E-state index contributed by atoms with van der Waals surface area (Å²) >= 11 is 0. The number of hydrogen-bond acceptors (Lipinski definition) is 1. The molecule has 1 saturated heterocycles. The molecule has 2 heteroatoms. The summed E-state index contributed by atoms with van der Waals surface area (Å²) in [6.07, 6.45) is 15.4. The zero-order valence-corrected chi connectivity index (χ0v) is 11.9. The first-order valence-electron chi connectivity index (χ1n) is 7.57. The normalized spacial score (nSPS) is 20.1. The molecule has 0 aromatic carbocycles. The SMILES string of the molecule is Cn1c(CN2CCCCCC2)cc2c1C=CC=CC2. The van der Waals surface area contributed by atoms with E-state index in [4.69, 9.17) is 0 Å². The van der Waals surface area contributed by atoms with Crippen LogP contribution in [0.2, 0.25) is 0 Å². The zero-order chi connectivity index (χ0) is 13.1. The van der Waals surface area contributed by atoms with Gasteiger partial charge in [0.05, 0.1) is 0 Å². The van der Waals surface area contributed by atoms with Crippen LogP contribution in [0.5, 0.6) is 0 Å². The second-order valence-electron chi connectivity index (χ2n) is 5.79. The molecule has 2 aliphatic rings. The Labute approximate surface area is 116 Å². The fraction of sp³-hybridized carbons (Fsp3) is 0.529. The van der Waals surface area contributed by atoms with Crippen molar-refractivity contribution in [2.24, 2.45) is 7.05 Å². The molecule has 0 unspecified atom stereocenters. The van der Waals surface area contributed by atoms with Crippen molar-refractivity contribution in [2.45, 2.75) is 38.6 Å². The summed E-state index contributed by atoms with van der Waals surface area (Å²) < 4.78 is 2.38. The van der Waals surface area contributed by atoms with Crippen LogP contribution in [0, 0.1) is 0 Å². The fourth-order valence-corrected chi connectivity index (χ4v) is 3.22. The Morgan fingerprint density at radius 1 is 1.05 bits per heavy atom. The van der Waals surface area contributed by atoms with Crippen LogP contribution >= 0.6 is 0 Å². The third kappa shape index (κ3) is 2.84. The molecule has 19 heavy (non-hydrogen) atoms. The lowest BCUT2D eigenvalue weighted by atomic mass is 10.2. The van der Waals surface area contributed by atoms with Crippen LogP contribution in [0.1, 0.15) is 42.6 Å². The number of nitrogens with zero attached hydrogens (tertiary/aromatic N) is 2. The van der Waals surface area contributed by atoms with Crippen LogP contribution in [-0.4, -0.2) is 22.6 Å². The molecule has 2 heterocycles. The van der Waals surface area contributed by atoms with E-state index >= 15 is 0 Å². The summed E-state index contributed by atoms with van der Waals surface area (Å²) in [5.74, 6) is 0. The van der Waals surface area contributed by atoms with Gasteiger partial charge >= 0.3 is 0 Å². The first-order valence-corrected chi connectivity index (χ1v) is 7.57. The van der Waals surface area contributed by atoms with Crippen molar-refractivity contribution >= 4 is 6.08 Å². The van der Waals surface area contributed by atoms with Crippen molar-refractivity contribution in [2.75, 3.05) is 13.1 Å². The minimum absolute atomic E-state index is 1.07. The number of likely N-dealkylation sites (tertiary alicyclic amines) is 1. The van der Waals surface area contributed by atoms with Crippen molar-refractivity contribution in [1.29, 1.82) is 0 Å². The van der Waals surface area contributed by atoms with Crippen molar-refractivity contribution in [3.8, 4) is 0 Å². The first-order chi connectivity index (χ1) is 9.34. The highest BCUT2D eigenvalue weighted by atomic mass is 15.1. The zero-order valence-electron chi connectivity index (χ0n) is 11.9. The van der Waals surface area contributed by atoms with E-state index in [1.54, 1.807) is 0 Å². The topological polar surface area (TPSA) is 8.17 Å². The largest absolute Gasteiger partial charge is 0.347 e. The average molecular weight is 256 g/mol. The molecule has 0 radical (unpaired) electrons. The highest BCUT2D eigenvalue weighted by molar-refractivity contribution is 5.56. The van der Waals surface area contributed by atoms with E-state index in [2.05, 4.69) is 46.9 Å². The monoisotopic (exact) mass is 256 g/mol. The van der Waals surface area contributed by atoms with Crippen LogP contribution in [0.15, 0.2) is 24.3 Å². The summed E-state index contributed by atoms with van der Waals surface area (Å²) in [5.41, 5.74) is 4.32. The van der Waals surface area contributed by atoms with Crippen LogP contribution in [-0.2, 0) is 20.0 Å². The quantitative estimate of drug-likeness (QED) is 0.786. The van der Waals surface area contributed by atoms with Gasteiger partial charge in [-0.2, -0.15) is 0 Å². The predicted octanol–water partition coefficient (Wildman–Crippen LogP) is 3.53. The van der Waals surface area contributed by atoms with Crippen molar-refractivity contribution < 1.29 is 0 Å². The molecule has 0 saturated carbocycles. The molecule has 102 valence electrons. The summed E-state index contributed by atoms with van der Waals surface area (Å²) in [6.45, 7) is 3.65. The van der Waals surface area contributed by atoms with Crippen molar-refractivity contribution in [1.82, 2.24) is 9.47 Å². The Hall–Kier alpha value is -1.28. The van der Waals surface area contributed by atoms with Crippen LogP contribution in [0.25, 0.3) is 6.08 Å². The first kappa shape index (κ1) is 12.7. The van der Waals surface area contributed by atoms with Crippen LogP contribution in [0.4, 0.5) is 0 Å². The van der Waals surface area contributed by atoms with Gasteiger partial charge in [0.25, 0.3) is 0 Å². The van der Waals surface area contributed by atoms with Crippen LogP contribution < -0.4 is 0 Å². The van der Waals surface area contributed by atoms with Gasteiger partial charge < -0.3 is 4.57 Å². The molecule has 0 amide bonds. The molecule has 1 aromatic rings. The van der Waals surface area contributed by atoms with Crippen LogP contribution in [0.3, 0.4) is 0 Å². The molecule has 1 fully saturated rings. The van der Waals surface area contributed by atoms with E-state index in [0.29, 0.717) is 0 Å². The summed E-state index contributed by atoms with van der Waals surface area (Å²) in [7, 11) is 2.21. The maximum absolute atomic E-state index is 2.63. The van der Waals surface area contributed by atoms with Gasteiger partial charge in [0, 0.05) is 25.0 Å². The van der Waals surface area contributed by atoms with Gasteiger partial charge in [-0.3, -0.25) is 4.90 Å². The molecule has 1 aliphatic heterocycles. The van der Waals surface area contributed by atoms with E-state index < -0.39 is 0 Å². The second kappa shape index (κ2) is 5.79. The molecular formula is C17H24N2.